The number of rotatable bonds is 4. The fourth-order valence-corrected chi connectivity index (χ4v) is 3.92. The molecule has 0 bridgehead atoms. The van der Waals surface area contributed by atoms with Crippen LogP contribution in [-0.2, 0) is 0 Å². The number of carboxylic acid groups (broad SMARTS) is 1. The zero-order chi connectivity index (χ0) is 20.1. The van der Waals surface area contributed by atoms with Crippen molar-refractivity contribution in [2.24, 2.45) is 0 Å². The van der Waals surface area contributed by atoms with Crippen LogP contribution in [0.2, 0.25) is 0 Å². The fourth-order valence-electron chi connectivity index (χ4n) is 3.41. The number of hydrogen-bond donors (Lipinski definition) is 1. The monoisotopic (exact) mass is 410 g/mol. The minimum atomic E-state index is -1.30. The molecule has 0 atom stereocenters. The third-order valence-electron chi connectivity index (χ3n) is 4.88. The molecule has 146 valence electrons. The van der Waals surface area contributed by atoms with Gasteiger partial charge in [0.1, 0.15) is 23.8 Å². The molecule has 0 aliphatic carbocycles. The van der Waals surface area contributed by atoms with Crippen LogP contribution in [0.25, 0.3) is 16.2 Å². The first-order chi connectivity index (χ1) is 14.0. The van der Waals surface area contributed by atoms with E-state index in [1.165, 1.54) is 17.1 Å². The standard InChI is InChI=1S/C17H14N8O3S/c1-9-4-12(23-5-10(6-23)25-19-2-3-20-25)22-15-13(9)14(26)11(16(27)28)7-24(15)17-18-8-21-29-17/h2-4,7-8,10H,5-6H2,1H3,(H,27,28). The number of pyridine rings is 2. The lowest BCUT2D eigenvalue weighted by atomic mass is 10.1. The van der Waals surface area contributed by atoms with Crippen LogP contribution in [0.1, 0.15) is 22.0 Å². The first-order valence-electron chi connectivity index (χ1n) is 8.71. The van der Waals surface area contributed by atoms with Gasteiger partial charge >= 0.3 is 5.97 Å². The van der Waals surface area contributed by atoms with Gasteiger partial charge in [0.15, 0.2) is 5.65 Å². The summed E-state index contributed by atoms with van der Waals surface area (Å²) in [5.41, 5.74) is 0.107. The van der Waals surface area contributed by atoms with Crippen LogP contribution in [0.5, 0.6) is 0 Å². The predicted octanol–water partition coefficient (Wildman–Crippen LogP) is 0.897. The van der Waals surface area contributed by atoms with E-state index in [4.69, 9.17) is 0 Å². The van der Waals surface area contributed by atoms with Gasteiger partial charge in [-0.05, 0) is 18.6 Å². The molecule has 0 aromatic carbocycles. The molecule has 11 nitrogen and oxygen atoms in total. The number of aromatic nitrogens is 7. The Morgan fingerprint density at radius 2 is 2.03 bits per heavy atom. The molecule has 0 radical (unpaired) electrons. The molecule has 4 aromatic heterocycles. The molecule has 1 saturated heterocycles. The summed E-state index contributed by atoms with van der Waals surface area (Å²) in [5.74, 6) is -0.602. The van der Waals surface area contributed by atoms with E-state index in [2.05, 4.69) is 29.4 Å². The molecule has 1 fully saturated rings. The van der Waals surface area contributed by atoms with Crippen LogP contribution in [0.4, 0.5) is 5.82 Å². The number of carboxylic acids is 1. The average Bonchev–Trinajstić information content (AvgIpc) is 3.34. The number of nitrogens with zero attached hydrogens (tertiary/aromatic N) is 8. The average molecular weight is 410 g/mol. The number of anilines is 1. The van der Waals surface area contributed by atoms with Crippen molar-refractivity contribution >= 4 is 34.4 Å². The van der Waals surface area contributed by atoms with E-state index in [0.717, 1.165) is 11.5 Å². The first kappa shape index (κ1) is 17.4. The molecule has 1 aliphatic rings. The van der Waals surface area contributed by atoms with Gasteiger partial charge in [-0.25, -0.2) is 14.8 Å². The van der Waals surface area contributed by atoms with E-state index in [1.54, 1.807) is 30.2 Å². The molecule has 0 spiro atoms. The van der Waals surface area contributed by atoms with E-state index in [-0.39, 0.29) is 17.0 Å². The van der Waals surface area contributed by atoms with Crippen molar-refractivity contribution in [1.29, 1.82) is 0 Å². The number of aryl methyl sites for hydroxylation is 1. The van der Waals surface area contributed by atoms with Crippen LogP contribution in [0.15, 0.2) is 35.8 Å². The van der Waals surface area contributed by atoms with Gasteiger partial charge < -0.3 is 10.0 Å². The Morgan fingerprint density at radius 1 is 1.28 bits per heavy atom. The maximum absolute atomic E-state index is 12.8. The normalized spacial score (nSPS) is 14.3. The largest absolute Gasteiger partial charge is 0.477 e. The van der Waals surface area contributed by atoms with Crippen LogP contribution in [0, 0.1) is 6.92 Å². The molecule has 0 amide bonds. The third kappa shape index (κ3) is 2.76. The maximum atomic E-state index is 12.8. The third-order valence-corrected chi connectivity index (χ3v) is 5.54. The molecule has 1 N–H and O–H groups in total. The molecule has 0 saturated carbocycles. The Labute approximate surface area is 167 Å². The summed E-state index contributed by atoms with van der Waals surface area (Å²) in [6.07, 6.45) is 5.91. The van der Waals surface area contributed by atoms with Crippen molar-refractivity contribution in [2.75, 3.05) is 18.0 Å². The molecule has 12 heteroatoms. The molecule has 4 aromatic rings. The Bertz CT molecular complexity index is 1280. The first-order valence-corrected chi connectivity index (χ1v) is 9.48. The second-order valence-corrected chi connectivity index (χ2v) is 7.43. The van der Waals surface area contributed by atoms with Crippen molar-refractivity contribution in [3.05, 3.63) is 52.3 Å². The number of hydrogen-bond acceptors (Lipinski definition) is 9. The predicted molar refractivity (Wildman–Crippen MR) is 104 cm³/mol. The van der Waals surface area contributed by atoms with Gasteiger partial charge in [-0.2, -0.15) is 19.4 Å². The minimum Gasteiger partial charge on any atom is -0.477 e. The topological polar surface area (TPSA) is 132 Å². The summed E-state index contributed by atoms with van der Waals surface area (Å²) in [6, 6.07) is 1.95. The fraction of sp³-hybridized carbons (Fsp3) is 0.235. The van der Waals surface area contributed by atoms with Gasteiger partial charge in [0, 0.05) is 30.8 Å². The van der Waals surface area contributed by atoms with Crippen molar-refractivity contribution in [2.45, 2.75) is 13.0 Å². The van der Waals surface area contributed by atoms with Gasteiger partial charge in [-0.3, -0.25) is 9.36 Å². The Balaban J connectivity index is 1.64. The van der Waals surface area contributed by atoms with E-state index in [1.807, 2.05) is 0 Å². The van der Waals surface area contributed by atoms with Crippen LogP contribution < -0.4 is 10.3 Å². The zero-order valence-electron chi connectivity index (χ0n) is 15.1. The molecular formula is C17H14N8O3S. The highest BCUT2D eigenvalue weighted by Crippen LogP contribution is 2.29. The minimum absolute atomic E-state index is 0.155. The zero-order valence-corrected chi connectivity index (χ0v) is 15.9. The second-order valence-electron chi connectivity index (χ2n) is 6.68. The number of carbonyl (C=O) groups is 1. The summed E-state index contributed by atoms with van der Waals surface area (Å²) < 4.78 is 5.49. The van der Waals surface area contributed by atoms with Gasteiger partial charge in [0.2, 0.25) is 10.6 Å². The summed E-state index contributed by atoms with van der Waals surface area (Å²) in [5, 5.41) is 18.5. The molecule has 5 heterocycles. The van der Waals surface area contributed by atoms with Crippen molar-refractivity contribution in [3.8, 4) is 5.13 Å². The Kier molecular flexibility index (Phi) is 3.87. The summed E-state index contributed by atoms with van der Waals surface area (Å²) in [4.78, 5) is 36.9. The number of fused-ring (bicyclic) bond motifs is 1. The Morgan fingerprint density at radius 3 is 2.69 bits per heavy atom. The highest BCUT2D eigenvalue weighted by molar-refractivity contribution is 7.08. The smallest absolute Gasteiger partial charge is 0.341 e. The number of aromatic carboxylic acids is 1. The van der Waals surface area contributed by atoms with Gasteiger partial charge in [0.05, 0.1) is 17.8 Å². The van der Waals surface area contributed by atoms with Crippen molar-refractivity contribution < 1.29 is 9.90 Å². The van der Waals surface area contributed by atoms with E-state index < -0.39 is 11.4 Å². The quantitative estimate of drug-likeness (QED) is 0.521. The lowest BCUT2D eigenvalue weighted by molar-refractivity contribution is 0.0695. The van der Waals surface area contributed by atoms with Crippen LogP contribution in [0.3, 0.4) is 0 Å². The maximum Gasteiger partial charge on any atom is 0.341 e. The highest BCUT2D eigenvalue weighted by Gasteiger charge is 2.31. The summed E-state index contributed by atoms with van der Waals surface area (Å²) >= 11 is 1.09. The second kappa shape index (κ2) is 6.44. The lowest BCUT2D eigenvalue weighted by Crippen LogP contribution is -2.49. The Hall–Kier alpha value is -3.67. The van der Waals surface area contributed by atoms with Gasteiger partial charge in [0.25, 0.3) is 0 Å². The highest BCUT2D eigenvalue weighted by atomic mass is 32.1. The summed E-state index contributed by atoms with van der Waals surface area (Å²) in [6.45, 7) is 3.14. The van der Waals surface area contributed by atoms with Gasteiger partial charge in [-0.15, -0.1) is 0 Å². The van der Waals surface area contributed by atoms with E-state index in [9.17, 15) is 14.7 Å². The van der Waals surface area contributed by atoms with Crippen LogP contribution >= 0.6 is 11.5 Å². The molecular weight excluding hydrogens is 396 g/mol. The molecule has 0 unspecified atom stereocenters. The van der Waals surface area contributed by atoms with E-state index in [0.29, 0.717) is 35.2 Å². The molecule has 5 rings (SSSR count). The van der Waals surface area contributed by atoms with E-state index >= 15 is 0 Å². The van der Waals surface area contributed by atoms with Gasteiger partial charge in [-0.1, -0.05) is 0 Å². The van der Waals surface area contributed by atoms with Crippen LogP contribution in [-0.4, -0.2) is 58.1 Å². The SMILES string of the molecule is Cc1cc(N2CC(n3nccn3)C2)nc2c1c(=O)c(C(=O)O)cn2-c1ncns1. The summed E-state index contributed by atoms with van der Waals surface area (Å²) in [7, 11) is 0. The molecule has 1 aliphatic heterocycles. The molecule has 29 heavy (non-hydrogen) atoms. The van der Waals surface area contributed by atoms with Crippen molar-refractivity contribution in [1.82, 2.24) is 33.9 Å². The van der Waals surface area contributed by atoms with Crippen molar-refractivity contribution in [3.63, 3.8) is 0 Å². The lowest BCUT2D eigenvalue weighted by Gasteiger charge is -2.39.